The molecular formula is C20H21ClN4O2S2. The molecule has 1 N–H and O–H groups in total. The number of carbonyl (C=O) groups is 1. The number of amides is 1. The van der Waals surface area contributed by atoms with Crippen LogP contribution in [0.15, 0.2) is 40.9 Å². The number of aromatic nitrogens is 3. The average molecular weight is 449 g/mol. The zero-order valence-electron chi connectivity index (χ0n) is 16.1. The molecule has 1 amide bonds. The lowest BCUT2D eigenvalue weighted by atomic mass is 10.3. The molecule has 3 aromatic rings. The molecule has 4 rings (SSSR count). The lowest BCUT2D eigenvalue weighted by molar-refractivity contribution is -0.115. The summed E-state index contributed by atoms with van der Waals surface area (Å²) in [5.41, 5.74) is 0.555. The molecule has 0 unspecified atom stereocenters. The SMILES string of the molecule is COc1ccc(Cl)cc1NC(=O)[C@H](C)Sc1nnc(Cc2cccs2)n1C1CC1. The highest BCUT2D eigenvalue weighted by atomic mass is 35.5. The summed E-state index contributed by atoms with van der Waals surface area (Å²) in [6, 6.07) is 9.73. The molecule has 1 saturated carbocycles. The van der Waals surface area contributed by atoms with Crippen molar-refractivity contribution < 1.29 is 9.53 Å². The van der Waals surface area contributed by atoms with Gasteiger partial charge in [0.15, 0.2) is 5.16 Å². The highest BCUT2D eigenvalue weighted by Gasteiger charge is 2.31. The number of nitrogens with zero attached hydrogens (tertiary/aromatic N) is 3. The topological polar surface area (TPSA) is 69.0 Å². The number of halogens is 1. The molecule has 2 aromatic heterocycles. The minimum absolute atomic E-state index is 0.138. The molecule has 1 aromatic carbocycles. The van der Waals surface area contributed by atoms with Crippen molar-refractivity contribution >= 4 is 46.3 Å². The molecule has 2 heterocycles. The summed E-state index contributed by atoms with van der Waals surface area (Å²) < 4.78 is 7.51. The average Bonchev–Trinajstić information content (AvgIpc) is 3.26. The van der Waals surface area contributed by atoms with Crippen LogP contribution in [-0.2, 0) is 11.2 Å². The number of rotatable bonds is 8. The first-order chi connectivity index (χ1) is 14.0. The van der Waals surface area contributed by atoms with Gasteiger partial charge in [-0.25, -0.2) is 0 Å². The molecule has 0 saturated heterocycles. The van der Waals surface area contributed by atoms with Gasteiger partial charge in [0.2, 0.25) is 5.91 Å². The molecule has 1 aliphatic carbocycles. The summed E-state index contributed by atoms with van der Waals surface area (Å²) in [6.45, 7) is 1.86. The molecule has 152 valence electrons. The Morgan fingerprint density at radius 2 is 2.24 bits per heavy atom. The van der Waals surface area contributed by atoms with Crippen molar-refractivity contribution in [3.05, 3.63) is 51.4 Å². The predicted molar refractivity (Wildman–Crippen MR) is 117 cm³/mol. The van der Waals surface area contributed by atoms with Crippen LogP contribution in [0.2, 0.25) is 5.02 Å². The number of thioether (sulfide) groups is 1. The largest absolute Gasteiger partial charge is 0.495 e. The van der Waals surface area contributed by atoms with Gasteiger partial charge in [-0.05, 0) is 49.4 Å². The van der Waals surface area contributed by atoms with Crippen molar-refractivity contribution in [2.45, 2.75) is 42.6 Å². The van der Waals surface area contributed by atoms with E-state index in [9.17, 15) is 4.79 Å². The van der Waals surface area contributed by atoms with Crippen molar-refractivity contribution in [1.82, 2.24) is 14.8 Å². The Morgan fingerprint density at radius 3 is 2.93 bits per heavy atom. The van der Waals surface area contributed by atoms with Gasteiger partial charge < -0.3 is 14.6 Å². The van der Waals surface area contributed by atoms with E-state index in [4.69, 9.17) is 16.3 Å². The van der Waals surface area contributed by atoms with Crippen LogP contribution in [0.3, 0.4) is 0 Å². The van der Waals surface area contributed by atoms with Crippen LogP contribution in [0.1, 0.15) is 36.5 Å². The second kappa shape index (κ2) is 8.77. The van der Waals surface area contributed by atoms with Crippen molar-refractivity contribution in [2.24, 2.45) is 0 Å². The minimum Gasteiger partial charge on any atom is -0.495 e. The molecule has 0 aliphatic heterocycles. The molecule has 0 bridgehead atoms. The molecule has 29 heavy (non-hydrogen) atoms. The summed E-state index contributed by atoms with van der Waals surface area (Å²) in [4.78, 5) is 14.0. The van der Waals surface area contributed by atoms with E-state index in [0.717, 1.165) is 30.2 Å². The van der Waals surface area contributed by atoms with Crippen LogP contribution >= 0.6 is 34.7 Å². The first kappa shape index (κ1) is 20.3. The summed E-state index contributed by atoms with van der Waals surface area (Å²) in [6.07, 6.45) is 3.02. The molecule has 1 aliphatic rings. The first-order valence-electron chi connectivity index (χ1n) is 9.32. The van der Waals surface area contributed by atoms with Gasteiger partial charge in [0, 0.05) is 22.4 Å². The van der Waals surface area contributed by atoms with E-state index in [0.29, 0.717) is 22.5 Å². The van der Waals surface area contributed by atoms with Crippen LogP contribution in [0.5, 0.6) is 5.75 Å². The number of hydrogen-bond donors (Lipinski definition) is 1. The van der Waals surface area contributed by atoms with E-state index < -0.39 is 0 Å². The molecule has 1 atom stereocenters. The summed E-state index contributed by atoms with van der Waals surface area (Å²) in [5, 5.41) is 14.8. The molecular weight excluding hydrogens is 428 g/mol. The van der Waals surface area contributed by atoms with Gasteiger partial charge in [-0.15, -0.1) is 21.5 Å². The normalized spacial score (nSPS) is 14.6. The molecule has 1 fully saturated rings. The van der Waals surface area contributed by atoms with Gasteiger partial charge in [0.05, 0.1) is 18.0 Å². The van der Waals surface area contributed by atoms with E-state index >= 15 is 0 Å². The van der Waals surface area contributed by atoms with Gasteiger partial charge in [-0.3, -0.25) is 4.79 Å². The van der Waals surface area contributed by atoms with E-state index in [1.165, 1.54) is 16.6 Å². The highest BCUT2D eigenvalue weighted by Crippen LogP contribution is 2.40. The van der Waals surface area contributed by atoms with Gasteiger partial charge in [0.1, 0.15) is 11.6 Å². The fraction of sp³-hybridized carbons (Fsp3) is 0.350. The number of nitrogens with one attached hydrogen (secondary N) is 1. The molecule has 6 nitrogen and oxygen atoms in total. The predicted octanol–water partition coefficient (Wildman–Crippen LogP) is 5.05. The Labute approximate surface area is 182 Å². The summed E-state index contributed by atoms with van der Waals surface area (Å²) in [5.74, 6) is 1.39. The van der Waals surface area contributed by atoms with Crippen molar-refractivity contribution in [3.63, 3.8) is 0 Å². The van der Waals surface area contributed by atoms with Crippen LogP contribution in [-0.4, -0.2) is 33.0 Å². The number of hydrogen-bond acceptors (Lipinski definition) is 6. The maximum absolute atomic E-state index is 12.8. The van der Waals surface area contributed by atoms with E-state index in [-0.39, 0.29) is 11.2 Å². The lowest BCUT2D eigenvalue weighted by Gasteiger charge is -2.15. The highest BCUT2D eigenvalue weighted by molar-refractivity contribution is 8.00. The third kappa shape index (κ3) is 4.76. The summed E-state index contributed by atoms with van der Waals surface area (Å²) in [7, 11) is 1.56. The number of methoxy groups -OCH3 is 1. The quantitative estimate of drug-likeness (QED) is 0.488. The van der Waals surface area contributed by atoms with E-state index in [2.05, 4.69) is 31.5 Å². The van der Waals surface area contributed by atoms with E-state index in [1.807, 2.05) is 13.0 Å². The second-order valence-corrected chi connectivity index (χ2v) is 9.63. The summed E-state index contributed by atoms with van der Waals surface area (Å²) >= 11 is 9.20. The second-order valence-electron chi connectivity index (χ2n) is 6.85. The third-order valence-electron chi connectivity index (χ3n) is 4.63. The zero-order chi connectivity index (χ0) is 20.4. The smallest absolute Gasteiger partial charge is 0.237 e. The maximum atomic E-state index is 12.8. The lowest BCUT2D eigenvalue weighted by Crippen LogP contribution is -2.23. The molecule has 0 spiro atoms. The van der Waals surface area contributed by atoms with Crippen LogP contribution in [0, 0.1) is 0 Å². The maximum Gasteiger partial charge on any atom is 0.237 e. The fourth-order valence-corrected chi connectivity index (χ4v) is 4.81. The van der Waals surface area contributed by atoms with E-state index in [1.54, 1.807) is 36.6 Å². The number of carbonyl (C=O) groups excluding carboxylic acids is 1. The Morgan fingerprint density at radius 1 is 1.41 bits per heavy atom. The van der Waals surface area contributed by atoms with Crippen LogP contribution < -0.4 is 10.1 Å². The first-order valence-corrected chi connectivity index (χ1v) is 11.5. The Balaban J connectivity index is 1.48. The Bertz CT molecular complexity index is 1000. The molecule has 0 radical (unpaired) electrons. The number of ether oxygens (including phenoxy) is 1. The van der Waals surface area contributed by atoms with Crippen molar-refractivity contribution in [3.8, 4) is 5.75 Å². The van der Waals surface area contributed by atoms with Gasteiger partial charge in [0.25, 0.3) is 0 Å². The number of thiophene rings is 1. The standard InChI is InChI=1S/C20H21ClN4O2S2/c1-12(19(26)22-16-10-13(21)5-8-17(16)27-2)29-20-24-23-18(25(20)14-6-7-14)11-15-4-3-9-28-15/h3-5,8-10,12,14H,6-7,11H2,1-2H3,(H,22,26)/t12-/m0/s1. The fourth-order valence-electron chi connectivity index (χ4n) is 3.00. The van der Waals surface area contributed by atoms with Gasteiger partial charge >= 0.3 is 0 Å². The van der Waals surface area contributed by atoms with Crippen molar-refractivity contribution in [1.29, 1.82) is 0 Å². The van der Waals surface area contributed by atoms with Gasteiger partial charge in [-0.1, -0.05) is 29.4 Å². The minimum atomic E-state index is -0.352. The molecule has 9 heteroatoms. The van der Waals surface area contributed by atoms with Crippen LogP contribution in [0.4, 0.5) is 5.69 Å². The van der Waals surface area contributed by atoms with Crippen LogP contribution in [0.25, 0.3) is 0 Å². The third-order valence-corrected chi connectivity index (χ3v) is 6.80. The monoisotopic (exact) mass is 448 g/mol. The number of anilines is 1. The Kier molecular flexibility index (Phi) is 6.12. The van der Waals surface area contributed by atoms with Crippen molar-refractivity contribution in [2.75, 3.05) is 12.4 Å². The number of benzene rings is 1. The zero-order valence-corrected chi connectivity index (χ0v) is 18.5. The Hall–Kier alpha value is -2.03. The van der Waals surface area contributed by atoms with Gasteiger partial charge in [-0.2, -0.15) is 0 Å².